The Kier molecular flexibility index (Phi) is 12.0. The van der Waals surface area contributed by atoms with E-state index in [2.05, 4.69) is 18.1 Å². The first-order valence-electron chi connectivity index (χ1n) is 13.0. The lowest BCUT2D eigenvalue weighted by Crippen LogP contribution is -2.43. The lowest BCUT2D eigenvalue weighted by atomic mass is 10.0. The number of methoxy groups -OCH3 is 1. The summed E-state index contributed by atoms with van der Waals surface area (Å²) in [5.41, 5.74) is 1.42. The number of hydrogen-bond donors (Lipinski definition) is 1. The van der Waals surface area contributed by atoms with E-state index in [9.17, 15) is 36.3 Å². The zero-order chi connectivity index (χ0) is 32.9. The molecule has 0 radical (unpaired) electrons. The Bertz CT molecular complexity index is 1590. The Hall–Kier alpha value is -3.42. The lowest BCUT2D eigenvalue weighted by Gasteiger charge is -2.31. The van der Waals surface area contributed by atoms with Gasteiger partial charge in [0.2, 0.25) is 17.6 Å². The molecule has 0 aliphatic rings. The molecule has 1 aromatic heterocycles. The Morgan fingerprint density at radius 3 is 2.28 bits per heavy atom. The van der Waals surface area contributed by atoms with Gasteiger partial charge in [-0.1, -0.05) is 25.1 Å². The molecule has 14 heteroatoms. The zero-order valence-electron chi connectivity index (χ0n) is 24.9. The van der Waals surface area contributed by atoms with Crippen molar-refractivity contribution in [1.82, 2.24) is 9.78 Å². The fourth-order valence-corrected chi connectivity index (χ4v) is 5.59. The van der Waals surface area contributed by atoms with Crippen LogP contribution in [0.4, 0.5) is 18.9 Å². The Morgan fingerprint density at radius 1 is 1.19 bits per heavy atom. The maximum absolute atomic E-state index is 12.8. The number of benzene rings is 2. The molecular formula is C29H35ClF3N3O6S. The number of carbonyl (C=O) groups excluding carboxylic acids is 2. The molecule has 2 aromatic carbocycles. The van der Waals surface area contributed by atoms with Gasteiger partial charge < -0.3 is 14.7 Å². The molecule has 1 heterocycles. The number of aromatic hydroxyl groups is 1. The second-order valence-corrected chi connectivity index (χ2v) is 12.1. The number of ketones is 1. The normalized spacial score (nSPS) is 12.3. The predicted octanol–water partition coefficient (Wildman–Crippen LogP) is 5.25. The van der Waals surface area contributed by atoms with Crippen LogP contribution in [0.15, 0.2) is 41.3 Å². The summed E-state index contributed by atoms with van der Waals surface area (Å²) < 4.78 is 68.3. The SMILES string of the molecule is CCc1cccc(C)c1N(C(=O)CCl)C(C)COC.Cc1nn(C)c(O)c1C(=O)c1ccc(C(F)(F)F)cc1S(C)(=O)=O. The number of sulfone groups is 1. The number of alkyl halides is 4. The van der Waals surface area contributed by atoms with E-state index < -0.39 is 43.7 Å². The number of halogens is 4. The van der Waals surface area contributed by atoms with Crippen LogP contribution in [0, 0.1) is 13.8 Å². The van der Waals surface area contributed by atoms with E-state index in [1.165, 1.54) is 14.0 Å². The standard InChI is InChI=1S/C15H22ClNO2.C14H13F3N2O4S/c1-5-13-8-6-7-11(2)15(13)17(14(18)9-16)12(3)10-19-4;1-7-11(13(21)19(2)18-7)12(20)9-5-4-8(14(15,16)17)6-10(9)24(3,22)23/h6-8,12H,5,9-10H2,1-4H3;4-6,21H,1-3H3. The lowest BCUT2D eigenvalue weighted by molar-refractivity contribution is -0.137. The van der Waals surface area contributed by atoms with Crippen LogP contribution in [0.5, 0.6) is 5.88 Å². The highest BCUT2D eigenvalue weighted by molar-refractivity contribution is 7.90. The van der Waals surface area contributed by atoms with Crippen molar-refractivity contribution in [3.8, 4) is 5.88 Å². The van der Waals surface area contributed by atoms with Crippen molar-refractivity contribution in [2.24, 2.45) is 7.05 Å². The van der Waals surface area contributed by atoms with Gasteiger partial charge in [-0.05, 0) is 56.5 Å². The number of hydrogen-bond acceptors (Lipinski definition) is 7. The minimum Gasteiger partial charge on any atom is -0.493 e. The highest BCUT2D eigenvalue weighted by Crippen LogP contribution is 2.34. The number of anilines is 1. The smallest absolute Gasteiger partial charge is 0.416 e. The molecule has 3 rings (SSSR count). The van der Waals surface area contributed by atoms with Crippen LogP contribution >= 0.6 is 11.6 Å². The van der Waals surface area contributed by atoms with E-state index >= 15 is 0 Å². The van der Waals surface area contributed by atoms with Crippen LogP contribution in [0.25, 0.3) is 0 Å². The van der Waals surface area contributed by atoms with Gasteiger partial charge in [0.05, 0.1) is 34.5 Å². The van der Waals surface area contributed by atoms with Crippen molar-refractivity contribution < 1.29 is 41.0 Å². The summed E-state index contributed by atoms with van der Waals surface area (Å²) in [6.45, 7) is 7.97. The molecule has 0 aliphatic heterocycles. The topological polar surface area (TPSA) is 119 Å². The second-order valence-electron chi connectivity index (χ2n) is 9.86. The summed E-state index contributed by atoms with van der Waals surface area (Å²) in [4.78, 5) is 25.8. The molecule has 0 bridgehead atoms. The third kappa shape index (κ3) is 8.36. The van der Waals surface area contributed by atoms with Gasteiger partial charge in [-0.2, -0.15) is 18.3 Å². The molecule has 0 fully saturated rings. The predicted molar refractivity (Wildman–Crippen MR) is 158 cm³/mol. The number of rotatable bonds is 9. The van der Waals surface area contributed by atoms with Crippen molar-refractivity contribution >= 4 is 38.8 Å². The summed E-state index contributed by atoms with van der Waals surface area (Å²) in [6.07, 6.45) is -3.18. The highest BCUT2D eigenvalue weighted by Gasteiger charge is 2.34. The molecular weight excluding hydrogens is 611 g/mol. The van der Waals surface area contributed by atoms with Gasteiger partial charge in [-0.3, -0.25) is 9.59 Å². The van der Waals surface area contributed by atoms with Crippen LogP contribution in [-0.2, 0) is 39.0 Å². The van der Waals surface area contributed by atoms with E-state index in [0.29, 0.717) is 25.0 Å². The maximum atomic E-state index is 12.8. The molecule has 1 N–H and O–H groups in total. The van der Waals surface area contributed by atoms with Crippen molar-refractivity contribution in [2.45, 2.75) is 51.2 Å². The van der Waals surface area contributed by atoms with Crippen LogP contribution in [0.3, 0.4) is 0 Å². The second kappa shape index (κ2) is 14.4. The molecule has 0 saturated heterocycles. The number of nitrogens with zero attached hydrogens (tertiary/aromatic N) is 3. The van der Waals surface area contributed by atoms with E-state index in [1.54, 1.807) is 12.0 Å². The molecule has 43 heavy (non-hydrogen) atoms. The summed E-state index contributed by atoms with van der Waals surface area (Å²) in [7, 11) is -1.12. The molecule has 236 valence electrons. The minimum atomic E-state index is -4.76. The third-order valence-corrected chi connectivity index (χ3v) is 7.91. The van der Waals surface area contributed by atoms with Gasteiger partial charge in [0.25, 0.3) is 0 Å². The fourth-order valence-electron chi connectivity index (χ4n) is 4.56. The van der Waals surface area contributed by atoms with E-state index in [-0.39, 0.29) is 29.1 Å². The molecule has 1 unspecified atom stereocenters. The number of amides is 1. The van der Waals surface area contributed by atoms with E-state index in [0.717, 1.165) is 34.0 Å². The van der Waals surface area contributed by atoms with Crippen LogP contribution in [0.1, 0.15) is 52.2 Å². The molecule has 0 spiro atoms. The largest absolute Gasteiger partial charge is 0.493 e. The van der Waals surface area contributed by atoms with Gasteiger partial charge >= 0.3 is 6.18 Å². The Morgan fingerprint density at radius 2 is 1.81 bits per heavy atom. The van der Waals surface area contributed by atoms with Crippen LogP contribution in [0.2, 0.25) is 0 Å². The zero-order valence-corrected chi connectivity index (χ0v) is 26.5. The number of aryl methyl sites for hydroxylation is 4. The number of ether oxygens (including phenoxy) is 1. The van der Waals surface area contributed by atoms with Gasteiger partial charge in [0, 0.05) is 26.0 Å². The highest BCUT2D eigenvalue weighted by atomic mass is 35.5. The summed E-state index contributed by atoms with van der Waals surface area (Å²) in [5.74, 6) is -1.54. The van der Waals surface area contributed by atoms with Crippen molar-refractivity contribution in [1.29, 1.82) is 0 Å². The van der Waals surface area contributed by atoms with E-state index in [4.69, 9.17) is 16.3 Å². The summed E-state index contributed by atoms with van der Waals surface area (Å²) in [6, 6.07) is 7.85. The maximum Gasteiger partial charge on any atom is 0.416 e. The van der Waals surface area contributed by atoms with Crippen molar-refractivity contribution in [3.63, 3.8) is 0 Å². The Labute approximate surface area is 254 Å². The monoisotopic (exact) mass is 645 g/mol. The molecule has 9 nitrogen and oxygen atoms in total. The fraction of sp³-hybridized carbons (Fsp3) is 0.414. The first-order chi connectivity index (χ1) is 19.9. The summed E-state index contributed by atoms with van der Waals surface area (Å²) >= 11 is 5.76. The Balaban J connectivity index is 0.000000309. The molecule has 1 amide bonds. The van der Waals surface area contributed by atoms with E-state index in [1.807, 2.05) is 26.0 Å². The molecule has 3 aromatic rings. The molecule has 1 atom stereocenters. The van der Waals surface area contributed by atoms with Gasteiger partial charge in [0.15, 0.2) is 9.84 Å². The number of aromatic nitrogens is 2. The quantitative estimate of drug-likeness (QED) is 0.249. The minimum absolute atomic E-state index is 0.0223. The first-order valence-corrected chi connectivity index (χ1v) is 15.5. The van der Waals surface area contributed by atoms with Crippen molar-refractivity contribution in [3.05, 3.63) is 69.9 Å². The summed E-state index contributed by atoms with van der Waals surface area (Å²) in [5, 5.41) is 13.7. The van der Waals surface area contributed by atoms with Gasteiger partial charge in [-0.15, -0.1) is 11.6 Å². The molecule has 0 saturated carbocycles. The average Bonchev–Trinajstić information content (AvgIpc) is 3.18. The molecule has 0 aliphatic carbocycles. The van der Waals surface area contributed by atoms with Gasteiger partial charge in [-0.25, -0.2) is 13.1 Å². The average molecular weight is 646 g/mol. The first kappa shape index (κ1) is 35.8. The van der Waals surface area contributed by atoms with Crippen LogP contribution in [-0.4, -0.2) is 66.9 Å². The van der Waals surface area contributed by atoms with Gasteiger partial charge in [0.1, 0.15) is 11.4 Å². The number of carbonyl (C=O) groups is 2. The van der Waals surface area contributed by atoms with Crippen LogP contribution < -0.4 is 4.90 Å². The van der Waals surface area contributed by atoms with Crippen molar-refractivity contribution in [2.75, 3.05) is 30.8 Å². The third-order valence-electron chi connectivity index (χ3n) is 6.55. The number of para-hydroxylation sites is 1.